The van der Waals surface area contributed by atoms with E-state index in [0.717, 1.165) is 0 Å². The summed E-state index contributed by atoms with van der Waals surface area (Å²) in [7, 11) is 0. The van der Waals surface area contributed by atoms with Gasteiger partial charge in [0.15, 0.2) is 18.9 Å². The molecule has 0 aromatic heterocycles. The van der Waals surface area contributed by atoms with Gasteiger partial charge in [0, 0.05) is 118 Å². The molecule has 3 saturated heterocycles. The number of Topliss-reactive ketones (excluding diaryl/α,β-unsaturated/α-hetero) is 4. The van der Waals surface area contributed by atoms with E-state index in [1.54, 1.807) is 6.92 Å². The minimum Gasteiger partial charge on any atom is -0.481 e. The second-order valence-electron chi connectivity index (χ2n) is 31.8. The van der Waals surface area contributed by atoms with Gasteiger partial charge >= 0.3 is 29.8 Å². The van der Waals surface area contributed by atoms with E-state index < -0.39 is 97.5 Å². The van der Waals surface area contributed by atoms with Gasteiger partial charge in [-0.3, -0.25) is 62.3 Å². The third kappa shape index (κ3) is 44.5. The molecule has 672 valence electrons. The van der Waals surface area contributed by atoms with E-state index in [-0.39, 0.29) is 224 Å². The van der Waals surface area contributed by atoms with Crippen molar-refractivity contribution in [2.24, 2.45) is 52.7 Å². The fourth-order valence-electron chi connectivity index (χ4n) is 13.7. The Morgan fingerprint density at radius 3 is 1.10 bits per heavy atom. The normalized spacial score (nSPS) is 24.2. The molecule has 0 radical (unpaired) electrons. The molecule has 11 N–H and O–H groups in total. The Hall–Kier alpha value is -6.57. The molecule has 0 aliphatic carbocycles. The molecule has 0 bridgehead atoms. The molecule has 3 aliphatic rings. The summed E-state index contributed by atoms with van der Waals surface area (Å²) in [6.45, 7) is 19.7. The van der Waals surface area contributed by atoms with Crippen molar-refractivity contribution in [1.29, 1.82) is 0 Å². The highest BCUT2D eigenvalue weighted by Gasteiger charge is 2.44. The molecule has 0 saturated carbocycles. The Kier molecular flexibility index (Phi) is 52.9. The first-order valence-corrected chi connectivity index (χ1v) is 42.5. The standard InChI is InChI=1S/C83H143N7O27/c1-12-67(59(8)114-76(104)34-33-75(102)103)89-73(100)46-74(101)90-83(50-105-43-35-65(96)28-17-13-15-26-63(94)30-19-22-40-108-80-77(84)56(5)53(2)68(115-80)47-111-60(9)91,51-106-44-36-66(97)29-18-14-16-27-64(95)31-20-23-41-109-81-78(85)57(6)54(3)69(116-81)48-112-61(10)92)52-107-45-37-72(99)88-39-25-38-87-71(98)32-21-24-42-110-82-79(86)58(7)55(4)70(117-82)49-113-62(11)93/h53-59,67-70,77-82H,12-52,84-86H2,1-11H3,(H,87,98)(H,88,99)(H,89,100)(H,90,101)(H,102,103)/t53?,54?,55?,56?,57?,58?,59-,67-,68?,69?,70?,77?,78?,79?,80?,81?,82?,83?/m1/s1. The molecule has 117 heavy (non-hydrogen) atoms. The first-order chi connectivity index (χ1) is 55.6. The lowest BCUT2D eigenvalue weighted by molar-refractivity contribution is -0.239. The minimum atomic E-state index is -1.59. The van der Waals surface area contributed by atoms with Crippen LogP contribution in [0.5, 0.6) is 0 Å². The zero-order valence-corrected chi connectivity index (χ0v) is 71.6. The van der Waals surface area contributed by atoms with Crippen molar-refractivity contribution in [2.45, 2.75) is 323 Å². The predicted molar refractivity (Wildman–Crippen MR) is 427 cm³/mol. The predicted octanol–water partition coefficient (Wildman–Crippen LogP) is 6.17. The first kappa shape index (κ1) is 105. The molecule has 4 amide bonds. The lowest BCUT2D eigenvalue weighted by Crippen LogP contribution is -2.59. The molecule has 34 nitrogen and oxygen atoms in total. The van der Waals surface area contributed by atoms with E-state index in [1.807, 2.05) is 41.5 Å². The van der Waals surface area contributed by atoms with Gasteiger partial charge in [0.2, 0.25) is 23.6 Å². The van der Waals surface area contributed by atoms with Gasteiger partial charge in [0.05, 0.1) is 95.0 Å². The van der Waals surface area contributed by atoms with Crippen molar-refractivity contribution in [3.8, 4) is 0 Å². The van der Waals surface area contributed by atoms with Gasteiger partial charge in [0.1, 0.15) is 61.0 Å². The second-order valence-corrected chi connectivity index (χ2v) is 31.8. The van der Waals surface area contributed by atoms with Crippen LogP contribution < -0.4 is 38.5 Å². The van der Waals surface area contributed by atoms with Crippen molar-refractivity contribution in [1.82, 2.24) is 21.3 Å². The maximum absolute atomic E-state index is 14.1. The highest BCUT2D eigenvalue weighted by Crippen LogP contribution is 2.34. The van der Waals surface area contributed by atoms with E-state index in [9.17, 15) is 62.3 Å². The molecular weight excluding hydrogens is 1530 g/mol. The van der Waals surface area contributed by atoms with Crippen LogP contribution in [0.3, 0.4) is 0 Å². The molecule has 3 rings (SSSR count). The number of carbonyl (C=O) groups is 13. The number of unbranched alkanes of at least 4 members (excludes halogenated alkanes) is 7. The number of carbonyl (C=O) groups excluding carboxylic acids is 12. The number of ether oxygens (including phenoxy) is 13. The van der Waals surface area contributed by atoms with Gasteiger partial charge in [-0.05, 0) is 119 Å². The molecule has 34 heteroatoms. The van der Waals surface area contributed by atoms with Gasteiger partial charge in [-0.15, -0.1) is 0 Å². The first-order valence-electron chi connectivity index (χ1n) is 42.5. The van der Waals surface area contributed by atoms with Gasteiger partial charge in [-0.1, -0.05) is 61.3 Å². The summed E-state index contributed by atoms with van der Waals surface area (Å²) >= 11 is 0. The topological polar surface area (TPSA) is 488 Å². The SMILES string of the molecule is CC[C@@H](NC(=O)CC(=O)NC(COCCC(=O)CCCCCC(=O)CCCCOC1OC(COC(C)=O)C(C)C(C)C1N)(COCCC(=O)CCCCCC(=O)CCCCOC1OC(COC(C)=O)C(C)C(C)C1N)COCCC(=O)NCCCNC(=O)CCCCOC1OC(COC(C)=O)C(C)C(C)C1N)[C@@H](C)OC(=O)CCC(=O)O. The number of esters is 4. The van der Waals surface area contributed by atoms with Crippen LogP contribution in [0.4, 0.5) is 0 Å². The number of ketones is 4. The Morgan fingerprint density at radius 2 is 0.744 bits per heavy atom. The third-order valence-electron chi connectivity index (χ3n) is 22.1. The molecule has 17 atom stereocenters. The van der Waals surface area contributed by atoms with Crippen molar-refractivity contribution in [2.75, 3.05) is 92.4 Å². The maximum Gasteiger partial charge on any atom is 0.306 e. The molecular formula is C83H143N7O27. The van der Waals surface area contributed by atoms with Crippen LogP contribution in [0.15, 0.2) is 0 Å². The third-order valence-corrected chi connectivity index (χ3v) is 22.1. The molecule has 0 spiro atoms. The number of aliphatic carboxylic acids is 1. The summed E-state index contributed by atoms with van der Waals surface area (Å²) in [6, 6.07) is -1.90. The van der Waals surface area contributed by atoms with Crippen molar-refractivity contribution < 1.29 is 129 Å². The van der Waals surface area contributed by atoms with E-state index >= 15 is 0 Å². The average Bonchev–Trinajstić information content (AvgIpc) is 0.813. The van der Waals surface area contributed by atoms with Crippen molar-refractivity contribution >= 4 is 76.6 Å². The summed E-state index contributed by atoms with van der Waals surface area (Å²) in [5, 5.41) is 20.3. The summed E-state index contributed by atoms with van der Waals surface area (Å²) < 4.78 is 75.4. The lowest BCUT2D eigenvalue weighted by Gasteiger charge is -2.42. The number of hydrogen-bond acceptors (Lipinski definition) is 29. The van der Waals surface area contributed by atoms with E-state index in [2.05, 4.69) is 21.3 Å². The van der Waals surface area contributed by atoms with Crippen LogP contribution >= 0.6 is 0 Å². The summed E-state index contributed by atoms with van der Waals surface area (Å²) in [5.74, 6) is -5.05. The summed E-state index contributed by atoms with van der Waals surface area (Å²) in [4.78, 5) is 164. The maximum atomic E-state index is 14.1. The zero-order valence-electron chi connectivity index (χ0n) is 71.6. The van der Waals surface area contributed by atoms with Crippen LogP contribution in [0.1, 0.15) is 250 Å². The number of carboxylic acids is 1. The van der Waals surface area contributed by atoms with Gasteiger partial charge in [-0.2, -0.15) is 0 Å². The Bertz CT molecular complexity index is 2760. The minimum absolute atomic E-state index is 0.0186. The largest absolute Gasteiger partial charge is 0.481 e. The summed E-state index contributed by atoms with van der Waals surface area (Å²) in [5.41, 5.74) is 17.7. The zero-order chi connectivity index (χ0) is 86.8. The fourth-order valence-corrected chi connectivity index (χ4v) is 13.7. The van der Waals surface area contributed by atoms with Crippen molar-refractivity contribution in [3.05, 3.63) is 0 Å². The molecule has 0 aromatic carbocycles. The lowest BCUT2D eigenvalue weighted by atomic mass is 9.82. The van der Waals surface area contributed by atoms with Crippen LogP contribution in [-0.2, 0) is 124 Å². The number of nitrogens with one attached hydrogen (secondary N) is 4. The number of hydrogen-bond donors (Lipinski definition) is 8. The van der Waals surface area contributed by atoms with Crippen LogP contribution in [0, 0.1) is 35.5 Å². The highest BCUT2D eigenvalue weighted by atomic mass is 16.7. The highest BCUT2D eigenvalue weighted by molar-refractivity contribution is 5.97. The van der Waals surface area contributed by atoms with E-state index in [1.165, 1.54) is 27.7 Å². The van der Waals surface area contributed by atoms with E-state index in [4.69, 9.17) is 83.9 Å². The fraction of sp³-hybridized carbons (Fsp3) is 0.843. The van der Waals surface area contributed by atoms with Crippen molar-refractivity contribution in [3.63, 3.8) is 0 Å². The van der Waals surface area contributed by atoms with Crippen LogP contribution in [0.25, 0.3) is 0 Å². The summed E-state index contributed by atoms with van der Waals surface area (Å²) in [6.07, 6.45) is 4.02. The quantitative estimate of drug-likeness (QED) is 0.0146. The number of carboxylic acid groups (broad SMARTS) is 1. The van der Waals surface area contributed by atoms with Crippen LogP contribution in [-0.4, -0.2) is 247 Å². The Morgan fingerprint density at radius 1 is 0.402 bits per heavy atom. The van der Waals surface area contributed by atoms with Gasteiger partial charge in [-0.25, -0.2) is 0 Å². The molecule has 15 unspecified atom stereocenters. The second kappa shape index (κ2) is 59.2. The van der Waals surface area contributed by atoms with Crippen LogP contribution in [0.2, 0.25) is 0 Å². The molecule has 3 fully saturated rings. The monoisotopic (exact) mass is 1670 g/mol. The average molecular weight is 1670 g/mol. The number of rotatable bonds is 65. The molecule has 0 aromatic rings. The van der Waals surface area contributed by atoms with E-state index in [0.29, 0.717) is 129 Å². The smallest absolute Gasteiger partial charge is 0.306 e. The van der Waals surface area contributed by atoms with Gasteiger partial charge in [0.25, 0.3) is 0 Å². The molecule has 3 aliphatic heterocycles. The number of nitrogens with two attached hydrogens (primary N) is 3. The Labute approximate surface area is 691 Å². The number of amides is 4. The molecule has 3 heterocycles. The van der Waals surface area contributed by atoms with Gasteiger partial charge < -0.3 is 105 Å². The Balaban J connectivity index is 1.61.